The standard InChI is InChI=1S/C19H23NO2/c1-14(19(21)20(2)17-9-5-6-10-17)22-18-12-11-15-7-3-4-8-16(15)13-18/h3-4,7-8,11-14,17H,5-6,9-10H2,1-2H3. The molecular weight excluding hydrogens is 274 g/mol. The fraction of sp³-hybridized carbons (Fsp3) is 0.421. The zero-order chi connectivity index (χ0) is 15.5. The molecule has 3 nitrogen and oxygen atoms in total. The number of carbonyl (C=O) groups excluding carboxylic acids is 1. The van der Waals surface area contributed by atoms with Gasteiger partial charge in [-0.1, -0.05) is 43.2 Å². The lowest BCUT2D eigenvalue weighted by molar-refractivity contribution is -0.138. The predicted octanol–water partition coefficient (Wildman–Crippen LogP) is 4.01. The molecule has 0 aliphatic heterocycles. The smallest absolute Gasteiger partial charge is 0.263 e. The fourth-order valence-corrected chi connectivity index (χ4v) is 3.25. The van der Waals surface area contributed by atoms with Crippen molar-refractivity contribution in [3.63, 3.8) is 0 Å². The minimum atomic E-state index is -0.452. The highest BCUT2D eigenvalue weighted by Crippen LogP contribution is 2.24. The molecule has 0 aromatic heterocycles. The molecule has 0 saturated heterocycles. The molecule has 1 aliphatic rings. The van der Waals surface area contributed by atoms with Crippen molar-refractivity contribution >= 4 is 16.7 Å². The third kappa shape index (κ3) is 3.08. The van der Waals surface area contributed by atoms with Gasteiger partial charge >= 0.3 is 0 Å². The Bertz CT molecular complexity index is 661. The molecule has 1 aliphatic carbocycles. The lowest BCUT2D eigenvalue weighted by Gasteiger charge is -2.27. The van der Waals surface area contributed by atoms with Gasteiger partial charge < -0.3 is 9.64 Å². The highest BCUT2D eigenvalue weighted by molar-refractivity contribution is 5.84. The largest absolute Gasteiger partial charge is 0.481 e. The molecule has 0 heterocycles. The first-order chi connectivity index (χ1) is 10.6. The van der Waals surface area contributed by atoms with Crippen LogP contribution < -0.4 is 4.74 Å². The Morgan fingerprint density at radius 2 is 1.82 bits per heavy atom. The molecule has 0 bridgehead atoms. The maximum absolute atomic E-state index is 12.5. The minimum absolute atomic E-state index is 0.0695. The lowest BCUT2D eigenvalue weighted by Crippen LogP contribution is -2.42. The van der Waals surface area contributed by atoms with Crippen molar-refractivity contribution < 1.29 is 9.53 Å². The summed E-state index contributed by atoms with van der Waals surface area (Å²) in [6.07, 6.45) is 4.23. The van der Waals surface area contributed by atoms with Crippen molar-refractivity contribution in [3.8, 4) is 5.75 Å². The van der Waals surface area contributed by atoms with Crippen LogP contribution in [0.2, 0.25) is 0 Å². The first-order valence-corrected chi connectivity index (χ1v) is 8.07. The second kappa shape index (κ2) is 6.39. The van der Waals surface area contributed by atoms with E-state index in [9.17, 15) is 4.79 Å². The number of benzene rings is 2. The van der Waals surface area contributed by atoms with Crippen LogP contribution in [-0.2, 0) is 4.79 Å². The van der Waals surface area contributed by atoms with Gasteiger partial charge in [-0.15, -0.1) is 0 Å². The minimum Gasteiger partial charge on any atom is -0.481 e. The Labute approximate surface area is 131 Å². The molecule has 0 spiro atoms. The number of carbonyl (C=O) groups is 1. The molecule has 1 atom stereocenters. The van der Waals surface area contributed by atoms with Gasteiger partial charge in [0.1, 0.15) is 5.75 Å². The molecule has 0 radical (unpaired) electrons. The molecule has 22 heavy (non-hydrogen) atoms. The maximum Gasteiger partial charge on any atom is 0.263 e. The summed E-state index contributed by atoms with van der Waals surface area (Å²) in [7, 11) is 1.90. The first kappa shape index (κ1) is 14.9. The van der Waals surface area contributed by atoms with Crippen LogP contribution in [0.4, 0.5) is 0 Å². The molecule has 3 rings (SSSR count). The Morgan fingerprint density at radius 3 is 2.55 bits per heavy atom. The third-order valence-corrected chi connectivity index (χ3v) is 4.60. The number of hydrogen-bond acceptors (Lipinski definition) is 2. The Hall–Kier alpha value is -2.03. The highest BCUT2D eigenvalue weighted by Gasteiger charge is 2.27. The van der Waals surface area contributed by atoms with Gasteiger partial charge in [0.05, 0.1) is 0 Å². The zero-order valence-corrected chi connectivity index (χ0v) is 13.3. The van der Waals surface area contributed by atoms with Gasteiger partial charge in [-0.25, -0.2) is 0 Å². The molecule has 1 amide bonds. The predicted molar refractivity (Wildman–Crippen MR) is 89.1 cm³/mol. The van der Waals surface area contributed by atoms with Crippen LogP contribution in [0.1, 0.15) is 32.6 Å². The topological polar surface area (TPSA) is 29.5 Å². The van der Waals surface area contributed by atoms with E-state index in [4.69, 9.17) is 4.74 Å². The molecule has 2 aromatic carbocycles. The summed E-state index contributed by atoms with van der Waals surface area (Å²) < 4.78 is 5.87. The van der Waals surface area contributed by atoms with Gasteiger partial charge in [0.25, 0.3) is 5.91 Å². The fourth-order valence-electron chi connectivity index (χ4n) is 3.25. The van der Waals surface area contributed by atoms with E-state index in [0.717, 1.165) is 24.0 Å². The van der Waals surface area contributed by atoms with Gasteiger partial charge in [0.15, 0.2) is 6.10 Å². The summed E-state index contributed by atoms with van der Waals surface area (Å²) in [6, 6.07) is 14.5. The molecule has 1 fully saturated rings. The average Bonchev–Trinajstić information content (AvgIpc) is 3.07. The van der Waals surface area contributed by atoms with Gasteiger partial charge in [-0.2, -0.15) is 0 Å². The van der Waals surface area contributed by atoms with Gasteiger partial charge in [0.2, 0.25) is 0 Å². The second-order valence-electron chi connectivity index (χ2n) is 6.16. The van der Waals surface area contributed by atoms with Crippen LogP contribution in [0, 0.1) is 0 Å². The van der Waals surface area contributed by atoms with Crippen LogP contribution in [0.3, 0.4) is 0 Å². The van der Waals surface area contributed by atoms with E-state index in [0.29, 0.717) is 6.04 Å². The van der Waals surface area contributed by atoms with E-state index >= 15 is 0 Å². The summed E-state index contributed by atoms with van der Waals surface area (Å²) in [5.41, 5.74) is 0. The van der Waals surface area contributed by atoms with Crippen molar-refractivity contribution in [2.45, 2.75) is 44.8 Å². The summed E-state index contributed by atoms with van der Waals surface area (Å²) in [4.78, 5) is 14.4. The SMILES string of the molecule is CC(Oc1ccc2ccccc2c1)C(=O)N(C)C1CCCC1. The maximum atomic E-state index is 12.5. The number of fused-ring (bicyclic) bond motifs is 1. The lowest BCUT2D eigenvalue weighted by atomic mass is 10.1. The van der Waals surface area contributed by atoms with Crippen molar-refractivity contribution in [2.75, 3.05) is 7.05 Å². The van der Waals surface area contributed by atoms with Crippen LogP contribution in [0.5, 0.6) is 5.75 Å². The summed E-state index contributed by atoms with van der Waals surface area (Å²) >= 11 is 0. The van der Waals surface area contributed by atoms with Gasteiger partial charge in [0, 0.05) is 13.1 Å². The molecule has 1 unspecified atom stereocenters. The van der Waals surface area contributed by atoms with E-state index in [1.165, 1.54) is 18.2 Å². The van der Waals surface area contributed by atoms with Crippen molar-refractivity contribution in [1.29, 1.82) is 0 Å². The summed E-state index contributed by atoms with van der Waals surface area (Å²) in [6.45, 7) is 1.84. The van der Waals surface area contributed by atoms with Crippen LogP contribution in [0.15, 0.2) is 42.5 Å². The second-order valence-corrected chi connectivity index (χ2v) is 6.16. The molecular formula is C19H23NO2. The van der Waals surface area contributed by atoms with E-state index in [-0.39, 0.29) is 5.91 Å². The van der Waals surface area contributed by atoms with E-state index in [1.54, 1.807) is 0 Å². The highest BCUT2D eigenvalue weighted by atomic mass is 16.5. The van der Waals surface area contributed by atoms with E-state index in [1.807, 2.05) is 49.2 Å². The van der Waals surface area contributed by atoms with Crippen LogP contribution in [0.25, 0.3) is 10.8 Å². The van der Waals surface area contributed by atoms with Crippen LogP contribution >= 0.6 is 0 Å². The monoisotopic (exact) mass is 297 g/mol. The van der Waals surface area contributed by atoms with Crippen LogP contribution in [-0.4, -0.2) is 30.0 Å². The molecule has 1 saturated carbocycles. The number of nitrogens with zero attached hydrogens (tertiary/aromatic N) is 1. The molecule has 2 aromatic rings. The number of likely N-dealkylation sites (N-methyl/N-ethyl adjacent to an activating group) is 1. The Morgan fingerprint density at radius 1 is 1.14 bits per heavy atom. The number of amides is 1. The van der Waals surface area contributed by atoms with Crippen molar-refractivity contribution in [3.05, 3.63) is 42.5 Å². The number of hydrogen-bond donors (Lipinski definition) is 0. The zero-order valence-electron chi connectivity index (χ0n) is 13.3. The third-order valence-electron chi connectivity index (χ3n) is 4.60. The Balaban J connectivity index is 1.69. The van der Waals surface area contributed by atoms with Gasteiger partial charge in [-0.05, 0) is 42.7 Å². The number of rotatable bonds is 4. The average molecular weight is 297 g/mol. The molecule has 116 valence electrons. The quantitative estimate of drug-likeness (QED) is 0.853. The Kier molecular flexibility index (Phi) is 4.32. The molecule has 3 heteroatoms. The normalized spacial score (nSPS) is 16.6. The summed E-state index contributed by atoms with van der Waals surface area (Å²) in [5.74, 6) is 0.819. The van der Waals surface area contributed by atoms with Crippen molar-refractivity contribution in [1.82, 2.24) is 4.90 Å². The summed E-state index contributed by atoms with van der Waals surface area (Å²) in [5, 5.41) is 2.31. The first-order valence-electron chi connectivity index (χ1n) is 8.07. The van der Waals surface area contributed by atoms with E-state index in [2.05, 4.69) is 12.1 Å². The van der Waals surface area contributed by atoms with Crippen molar-refractivity contribution in [2.24, 2.45) is 0 Å². The molecule has 0 N–H and O–H groups in total. The number of ether oxygens (including phenoxy) is 1. The van der Waals surface area contributed by atoms with E-state index < -0.39 is 6.10 Å². The van der Waals surface area contributed by atoms with Gasteiger partial charge in [-0.3, -0.25) is 4.79 Å².